The van der Waals surface area contributed by atoms with Crippen molar-refractivity contribution in [3.05, 3.63) is 34.6 Å². The minimum atomic E-state index is -0.464. The van der Waals surface area contributed by atoms with Gasteiger partial charge in [0.1, 0.15) is 5.69 Å². The summed E-state index contributed by atoms with van der Waals surface area (Å²) < 4.78 is 1.37. The minimum absolute atomic E-state index is 0.129. The Morgan fingerprint density at radius 3 is 2.81 bits per heavy atom. The molecule has 0 aliphatic rings. The zero-order valence-electron chi connectivity index (χ0n) is 8.47. The summed E-state index contributed by atoms with van der Waals surface area (Å²) in [4.78, 5) is 11.8. The van der Waals surface area contributed by atoms with Crippen molar-refractivity contribution in [3.8, 4) is 18.1 Å². The van der Waals surface area contributed by atoms with Gasteiger partial charge in [-0.15, -0.1) is 6.42 Å². The maximum absolute atomic E-state index is 11.8. The largest absolute Gasteiger partial charge is 0.505 e. The maximum atomic E-state index is 11.8. The van der Waals surface area contributed by atoms with Crippen LogP contribution in [0.2, 0.25) is 0 Å². The molecular formula is C12H10N2O2. The van der Waals surface area contributed by atoms with Gasteiger partial charge < -0.3 is 10.8 Å². The molecule has 0 saturated heterocycles. The first-order valence-electron chi connectivity index (χ1n) is 4.70. The van der Waals surface area contributed by atoms with Crippen LogP contribution in [0, 0.1) is 12.3 Å². The number of nitrogens with two attached hydrogens (primary N) is 1. The molecule has 0 amide bonds. The molecule has 1 heterocycles. The molecule has 0 radical (unpaired) electrons. The smallest absolute Gasteiger partial charge is 0.278 e. The number of benzene rings is 1. The Kier molecular flexibility index (Phi) is 2.29. The number of hydrogen-bond acceptors (Lipinski definition) is 3. The summed E-state index contributed by atoms with van der Waals surface area (Å²) in [5, 5.41) is 10.3. The maximum Gasteiger partial charge on any atom is 0.278 e. The van der Waals surface area contributed by atoms with Crippen molar-refractivity contribution in [3.63, 3.8) is 0 Å². The Bertz CT molecular complexity index is 650. The van der Waals surface area contributed by atoms with Crippen LogP contribution in [0.15, 0.2) is 29.1 Å². The van der Waals surface area contributed by atoms with Crippen molar-refractivity contribution < 1.29 is 5.11 Å². The van der Waals surface area contributed by atoms with E-state index in [-0.39, 0.29) is 18.0 Å². The number of nitrogens with zero attached hydrogens (tertiary/aromatic N) is 1. The summed E-state index contributed by atoms with van der Waals surface area (Å²) in [6, 6.07) is 6.93. The fourth-order valence-electron chi connectivity index (χ4n) is 1.66. The van der Waals surface area contributed by atoms with E-state index >= 15 is 0 Å². The summed E-state index contributed by atoms with van der Waals surface area (Å²) in [6.07, 6.45) is 5.20. The molecule has 0 fully saturated rings. The number of nitrogen functional groups attached to an aromatic ring is 1. The van der Waals surface area contributed by atoms with Gasteiger partial charge in [-0.1, -0.05) is 18.1 Å². The molecule has 0 atom stereocenters. The van der Waals surface area contributed by atoms with Crippen LogP contribution in [0.1, 0.15) is 0 Å². The van der Waals surface area contributed by atoms with Crippen molar-refractivity contribution in [2.75, 3.05) is 5.73 Å². The molecule has 0 aliphatic heterocycles. The summed E-state index contributed by atoms with van der Waals surface area (Å²) in [5.74, 6) is 2.20. The van der Waals surface area contributed by atoms with E-state index in [4.69, 9.17) is 12.2 Å². The van der Waals surface area contributed by atoms with Crippen LogP contribution in [0.4, 0.5) is 5.69 Å². The topological polar surface area (TPSA) is 68.2 Å². The Hall–Kier alpha value is -2.41. The molecule has 4 heteroatoms. The molecule has 16 heavy (non-hydrogen) atoms. The zero-order valence-corrected chi connectivity index (χ0v) is 8.47. The van der Waals surface area contributed by atoms with Gasteiger partial charge in [0.15, 0.2) is 5.75 Å². The average molecular weight is 214 g/mol. The van der Waals surface area contributed by atoms with E-state index in [9.17, 15) is 9.90 Å². The molecular weight excluding hydrogens is 204 g/mol. The molecule has 80 valence electrons. The first-order chi connectivity index (χ1) is 7.66. The first-order valence-corrected chi connectivity index (χ1v) is 4.70. The number of anilines is 1. The second kappa shape index (κ2) is 3.63. The van der Waals surface area contributed by atoms with Crippen LogP contribution in [-0.2, 0) is 6.54 Å². The highest BCUT2D eigenvalue weighted by Gasteiger charge is 2.12. The third-order valence-corrected chi connectivity index (χ3v) is 2.43. The van der Waals surface area contributed by atoms with Crippen LogP contribution < -0.4 is 11.3 Å². The van der Waals surface area contributed by atoms with Crippen molar-refractivity contribution in [1.82, 2.24) is 4.57 Å². The Morgan fingerprint density at radius 1 is 1.44 bits per heavy atom. The lowest BCUT2D eigenvalue weighted by molar-refractivity contribution is 0.482. The molecule has 1 aromatic carbocycles. The summed E-state index contributed by atoms with van der Waals surface area (Å²) >= 11 is 0. The van der Waals surface area contributed by atoms with Crippen LogP contribution in [0.25, 0.3) is 10.9 Å². The monoisotopic (exact) mass is 214 g/mol. The Labute approximate surface area is 91.9 Å². The number of rotatable bonds is 1. The molecule has 0 unspecified atom stereocenters. The van der Waals surface area contributed by atoms with Gasteiger partial charge >= 0.3 is 0 Å². The third kappa shape index (κ3) is 1.30. The lowest BCUT2D eigenvalue weighted by atomic mass is 10.2. The zero-order chi connectivity index (χ0) is 11.7. The van der Waals surface area contributed by atoms with Crippen LogP contribution in [0.5, 0.6) is 5.75 Å². The summed E-state index contributed by atoms with van der Waals surface area (Å²) in [7, 11) is 0. The van der Waals surface area contributed by atoms with E-state index in [0.29, 0.717) is 10.9 Å². The molecule has 4 nitrogen and oxygen atoms in total. The standard InChI is InChI=1S/C12H10N2O2/c1-2-7-14-9-6-4-3-5-8(9)11(15)10(13)12(14)16/h1,3-6,15H,7,13H2. The lowest BCUT2D eigenvalue weighted by Crippen LogP contribution is -2.23. The van der Waals surface area contributed by atoms with Crippen LogP contribution in [-0.4, -0.2) is 9.67 Å². The van der Waals surface area contributed by atoms with Gasteiger partial charge in [0.25, 0.3) is 5.56 Å². The third-order valence-electron chi connectivity index (χ3n) is 2.43. The predicted molar refractivity (Wildman–Crippen MR) is 63.1 cm³/mol. The fourth-order valence-corrected chi connectivity index (χ4v) is 1.66. The average Bonchev–Trinajstić information content (AvgIpc) is 2.32. The highest BCUT2D eigenvalue weighted by Crippen LogP contribution is 2.27. The molecule has 0 bridgehead atoms. The molecule has 2 aromatic rings. The van der Waals surface area contributed by atoms with Gasteiger partial charge in [0.05, 0.1) is 12.1 Å². The van der Waals surface area contributed by atoms with Gasteiger partial charge in [-0.25, -0.2) is 0 Å². The van der Waals surface area contributed by atoms with Gasteiger partial charge in [0, 0.05) is 5.39 Å². The van der Waals surface area contributed by atoms with E-state index < -0.39 is 5.56 Å². The highest BCUT2D eigenvalue weighted by atomic mass is 16.3. The van der Waals surface area contributed by atoms with Gasteiger partial charge in [-0.2, -0.15) is 0 Å². The molecule has 0 saturated carbocycles. The number of hydrogen-bond donors (Lipinski definition) is 2. The van der Waals surface area contributed by atoms with Gasteiger partial charge in [0.2, 0.25) is 0 Å². The second-order valence-corrected chi connectivity index (χ2v) is 3.37. The quantitative estimate of drug-likeness (QED) is 0.694. The number of fused-ring (bicyclic) bond motifs is 1. The van der Waals surface area contributed by atoms with Gasteiger partial charge in [-0.05, 0) is 12.1 Å². The predicted octanol–water partition coefficient (Wildman–Crippen LogP) is 0.923. The number of pyridine rings is 1. The molecule has 1 aromatic heterocycles. The Morgan fingerprint density at radius 2 is 2.12 bits per heavy atom. The number of aromatic hydroxyl groups is 1. The summed E-state index contributed by atoms with van der Waals surface area (Å²) in [6.45, 7) is 0.129. The number of terminal acetylenes is 1. The molecule has 0 spiro atoms. The second-order valence-electron chi connectivity index (χ2n) is 3.37. The van der Waals surface area contributed by atoms with Gasteiger partial charge in [-0.3, -0.25) is 9.36 Å². The first kappa shape index (κ1) is 10.1. The SMILES string of the molecule is C#CCn1c(=O)c(N)c(O)c2ccccc21. The van der Waals surface area contributed by atoms with E-state index in [2.05, 4.69) is 5.92 Å². The van der Waals surface area contributed by atoms with E-state index in [1.807, 2.05) is 0 Å². The van der Waals surface area contributed by atoms with E-state index in [0.717, 1.165) is 0 Å². The van der Waals surface area contributed by atoms with E-state index in [1.54, 1.807) is 24.3 Å². The number of para-hydroxylation sites is 1. The lowest BCUT2D eigenvalue weighted by Gasteiger charge is -2.10. The highest BCUT2D eigenvalue weighted by molar-refractivity contribution is 5.89. The van der Waals surface area contributed by atoms with Crippen LogP contribution in [0.3, 0.4) is 0 Å². The van der Waals surface area contributed by atoms with E-state index in [1.165, 1.54) is 4.57 Å². The fraction of sp³-hybridized carbons (Fsp3) is 0.0833. The Balaban J connectivity index is 2.99. The van der Waals surface area contributed by atoms with Crippen LogP contribution >= 0.6 is 0 Å². The summed E-state index contributed by atoms with van der Waals surface area (Å²) in [5.41, 5.74) is 5.47. The van der Waals surface area contributed by atoms with Crippen molar-refractivity contribution >= 4 is 16.6 Å². The minimum Gasteiger partial charge on any atom is -0.505 e. The number of aromatic nitrogens is 1. The van der Waals surface area contributed by atoms with Crippen molar-refractivity contribution in [2.45, 2.75) is 6.54 Å². The molecule has 3 N–H and O–H groups in total. The normalized spacial score (nSPS) is 10.2. The van der Waals surface area contributed by atoms with Crippen molar-refractivity contribution in [1.29, 1.82) is 0 Å². The molecule has 0 aliphatic carbocycles. The molecule has 2 rings (SSSR count). The van der Waals surface area contributed by atoms with Crippen molar-refractivity contribution in [2.24, 2.45) is 0 Å².